The Morgan fingerprint density at radius 1 is 1.06 bits per heavy atom. The first-order valence-electron chi connectivity index (χ1n) is 9.92. The van der Waals surface area contributed by atoms with Gasteiger partial charge in [0.05, 0.1) is 11.4 Å². The van der Waals surface area contributed by atoms with Crippen molar-refractivity contribution in [1.29, 1.82) is 0 Å². The van der Waals surface area contributed by atoms with Gasteiger partial charge in [-0.15, -0.1) is 10.2 Å². The van der Waals surface area contributed by atoms with E-state index < -0.39 is 20.6 Å². The van der Waals surface area contributed by atoms with Gasteiger partial charge in [0.2, 0.25) is 17.2 Å². The molecule has 0 atom stereocenters. The molecule has 180 valence electrons. The molecule has 0 unspecified atom stereocenters. The summed E-state index contributed by atoms with van der Waals surface area (Å²) in [6.45, 7) is 1.63. The van der Waals surface area contributed by atoms with Crippen LogP contribution in [0, 0.1) is 6.92 Å². The van der Waals surface area contributed by atoms with Crippen molar-refractivity contribution in [1.82, 2.24) is 24.7 Å². The Kier molecular flexibility index (Phi) is 6.59. The molecule has 0 bridgehead atoms. The average Bonchev–Trinajstić information content (AvgIpc) is 3.10. The van der Waals surface area contributed by atoms with Gasteiger partial charge in [0.25, 0.3) is 15.7 Å². The molecule has 2 heterocycles. The number of azo groups is 1. The fourth-order valence-electron chi connectivity index (χ4n) is 3.06. The minimum Gasteiger partial charge on any atom is -0.357 e. The largest absolute Gasteiger partial charge is 0.357 e. The van der Waals surface area contributed by atoms with E-state index in [0.717, 1.165) is 6.07 Å². The number of aryl methyl sites for hydroxylation is 1. The fraction of sp³-hybridized carbons (Fsp3) is 0.100. The molecule has 0 radical (unpaired) electrons. The highest BCUT2D eigenvalue weighted by Gasteiger charge is 2.18. The summed E-state index contributed by atoms with van der Waals surface area (Å²) in [6.07, 6.45) is 0. The lowest BCUT2D eigenvalue weighted by atomic mass is 10.3. The lowest BCUT2D eigenvalue weighted by Gasteiger charge is -2.08. The average molecular weight is 516 g/mol. The summed E-state index contributed by atoms with van der Waals surface area (Å²) >= 11 is 5.88. The van der Waals surface area contributed by atoms with Crippen LogP contribution in [-0.2, 0) is 10.1 Å². The zero-order valence-corrected chi connectivity index (χ0v) is 19.8. The quantitative estimate of drug-likeness (QED) is 0.210. The molecule has 0 saturated heterocycles. The number of hydrogen-bond acceptors (Lipinski definition) is 10. The molecule has 13 nitrogen and oxygen atoms in total. The van der Waals surface area contributed by atoms with Gasteiger partial charge in [-0.1, -0.05) is 18.2 Å². The minimum absolute atomic E-state index is 0.0311. The van der Waals surface area contributed by atoms with Crippen LogP contribution in [0.1, 0.15) is 5.69 Å². The molecule has 4 rings (SSSR count). The Balaban J connectivity index is 1.73. The van der Waals surface area contributed by atoms with Gasteiger partial charge in [-0.25, -0.2) is 4.68 Å². The predicted molar refractivity (Wildman–Crippen MR) is 129 cm³/mol. The van der Waals surface area contributed by atoms with Crippen molar-refractivity contribution >= 4 is 50.7 Å². The molecule has 4 aromatic rings. The standard InChI is InChI=1S/C20H18ClN9O4S/c1-11-16(17(31)30(29-11)13-6-4-3-5-7-13)28-27-14-10-12(8-9-15(14)35(32,33)34)23-20-25-18(21)24-19(22-2)26-20/h3-10,29H,1-2H3,(H,32,33,34)(H2,22,23,24,25,26). The fourth-order valence-corrected chi connectivity index (χ4v) is 3.82. The first-order valence-corrected chi connectivity index (χ1v) is 11.7. The van der Waals surface area contributed by atoms with E-state index in [9.17, 15) is 17.8 Å². The zero-order chi connectivity index (χ0) is 25.2. The van der Waals surface area contributed by atoms with E-state index in [4.69, 9.17) is 11.6 Å². The lowest BCUT2D eigenvalue weighted by molar-refractivity contribution is 0.483. The van der Waals surface area contributed by atoms with Gasteiger partial charge < -0.3 is 10.6 Å². The van der Waals surface area contributed by atoms with Crippen LogP contribution in [0.15, 0.2) is 68.4 Å². The monoisotopic (exact) mass is 515 g/mol. The summed E-state index contributed by atoms with van der Waals surface area (Å²) in [5.74, 6) is 0.281. The highest BCUT2D eigenvalue weighted by Crippen LogP contribution is 2.30. The van der Waals surface area contributed by atoms with Gasteiger partial charge >= 0.3 is 0 Å². The van der Waals surface area contributed by atoms with Gasteiger partial charge in [0.15, 0.2) is 5.69 Å². The van der Waals surface area contributed by atoms with Crippen molar-refractivity contribution in [3.8, 4) is 5.69 Å². The topological polar surface area (TPSA) is 180 Å². The molecule has 0 aliphatic heterocycles. The van der Waals surface area contributed by atoms with Crippen molar-refractivity contribution in [3.63, 3.8) is 0 Å². The normalized spacial score (nSPS) is 11.7. The van der Waals surface area contributed by atoms with E-state index in [1.54, 1.807) is 38.2 Å². The van der Waals surface area contributed by atoms with Crippen LogP contribution in [0.25, 0.3) is 5.69 Å². The molecule has 0 spiro atoms. The Bertz CT molecular complexity index is 1580. The number of para-hydroxylation sites is 1. The smallest absolute Gasteiger partial charge is 0.299 e. The Hall–Kier alpha value is -4.14. The van der Waals surface area contributed by atoms with E-state index in [0.29, 0.717) is 17.1 Å². The third-order valence-corrected chi connectivity index (χ3v) is 5.71. The first-order chi connectivity index (χ1) is 16.7. The Morgan fingerprint density at radius 3 is 2.46 bits per heavy atom. The van der Waals surface area contributed by atoms with Crippen molar-refractivity contribution in [2.75, 3.05) is 17.7 Å². The molecular formula is C20H18ClN9O4S. The molecule has 15 heteroatoms. The van der Waals surface area contributed by atoms with Crippen LogP contribution >= 0.6 is 11.6 Å². The SMILES string of the molecule is CNc1nc(Cl)nc(Nc2ccc(S(=O)(=O)O)c(N=Nc3c(C)[nH]n(-c4ccccc4)c3=O)c2)n1. The second-order valence-corrected chi connectivity index (χ2v) is 8.77. The Morgan fingerprint density at radius 2 is 1.77 bits per heavy atom. The summed E-state index contributed by atoms with van der Waals surface area (Å²) in [7, 11) is -3.05. The summed E-state index contributed by atoms with van der Waals surface area (Å²) in [5.41, 5.74) is 0.561. The third-order valence-electron chi connectivity index (χ3n) is 4.64. The van der Waals surface area contributed by atoms with Crippen LogP contribution in [0.2, 0.25) is 5.28 Å². The van der Waals surface area contributed by atoms with E-state index in [1.165, 1.54) is 16.8 Å². The number of nitrogens with zero attached hydrogens (tertiary/aromatic N) is 6. The summed E-state index contributed by atoms with van der Waals surface area (Å²) in [5, 5.41) is 16.3. The lowest BCUT2D eigenvalue weighted by Crippen LogP contribution is -2.13. The number of rotatable bonds is 7. The van der Waals surface area contributed by atoms with Gasteiger partial charge in [-0.2, -0.15) is 23.4 Å². The van der Waals surface area contributed by atoms with Crippen molar-refractivity contribution in [2.24, 2.45) is 10.2 Å². The number of aromatic nitrogens is 5. The van der Waals surface area contributed by atoms with Crippen molar-refractivity contribution < 1.29 is 13.0 Å². The highest BCUT2D eigenvalue weighted by molar-refractivity contribution is 7.86. The molecular weight excluding hydrogens is 498 g/mol. The summed E-state index contributed by atoms with van der Waals surface area (Å²) in [6, 6.07) is 12.6. The predicted octanol–water partition coefficient (Wildman–Crippen LogP) is 3.76. The van der Waals surface area contributed by atoms with Gasteiger partial charge in [0.1, 0.15) is 10.6 Å². The van der Waals surface area contributed by atoms with E-state index >= 15 is 0 Å². The van der Waals surface area contributed by atoms with Crippen LogP contribution in [-0.4, -0.2) is 44.8 Å². The van der Waals surface area contributed by atoms with Gasteiger partial charge in [0, 0.05) is 12.7 Å². The number of aromatic amines is 1. The number of H-pyrrole nitrogens is 1. The number of nitrogens with one attached hydrogen (secondary N) is 3. The molecule has 4 N–H and O–H groups in total. The van der Waals surface area contributed by atoms with Gasteiger partial charge in [-0.3, -0.25) is 14.4 Å². The summed E-state index contributed by atoms with van der Waals surface area (Å²) in [4.78, 5) is 24.3. The van der Waals surface area contributed by atoms with Crippen LogP contribution in [0.3, 0.4) is 0 Å². The number of anilines is 3. The molecule has 2 aromatic heterocycles. The van der Waals surface area contributed by atoms with E-state index in [2.05, 4.69) is 40.9 Å². The van der Waals surface area contributed by atoms with Crippen LogP contribution < -0.4 is 16.2 Å². The number of halogens is 1. The summed E-state index contributed by atoms with van der Waals surface area (Å²) < 4.78 is 34.7. The Labute approximate surface area is 203 Å². The minimum atomic E-state index is -4.65. The maximum absolute atomic E-state index is 12.9. The van der Waals surface area contributed by atoms with Crippen molar-refractivity contribution in [3.05, 3.63) is 69.9 Å². The highest BCUT2D eigenvalue weighted by atomic mass is 35.5. The first kappa shape index (κ1) is 24.0. The van der Waals surface area contributed by atoms with Crippen LogP contribution in [0.4, 0.5) is 29.0 Å². The molecule has 0 aliphatic carbocycles. The second kappa shape index (κ2) is 9.61. The molecule has 35 heavy (non-hydrogen) atoms. The molecule has 0 aliphatic rings. The van der Waals surface area contributed by atoms with Crippen molar-refractivity contribution in [2.45, 2.75) is 11.8 Å². The maximum Gasteiger partial charge on any atom is 0.299 e. The number of benzene rings is 2. The van der Waals surface area contributed by atoms with E-state index in [1.807, 2.05) is 6.07 Å². The third kappa shape index (κ3) is 5.34. The molecule has 2 aromatic carbocycles. The van der Waals surface area contributed by atoms with E-state index in [-0.39, 0.29) is 28.6 Å². The molecule has 0 amide bonds. The second-order valence-electron chi connectivity index (χ2n) is 7.05. The molecule has 0 saturated carbocycles. The van der Waals surface area contributed by atoms with Gasteiger partial charge in [-0.05, 0) is 48.9 Å². The zero-order valence-electron chi connectivity index (χ0n) is 18.3. The maximum atomic E-state index is 12.9. The molecule has 0 fully saturated rings. The number of hydrogen-bond donors (Lipinski definition) is 4. The van der Waals surface area contributed by atoms with Crippen LogP contribution in [0.5, 0.6) is 0 Å².